The molecule has 16 heavy (non-hydrogen) atoms. The molecule has 1 heteroatoms. The fourth-order valence-electron chi connectivity index (χ4n) is 2.53. The third-order valence-corrected chi connectivity index (χ3v) is 3.59. The lowest BCUT2D eigenvalue weighted by Crippen LogP contribution is -2.00. The average molecular weight is 218 g/mol. The number of benzene rings is 1. The maximum atomic E-state index is 5.79. The minimum Gasteiger partial charge on any atom is -0.494 e. The summed E-state index contributed by atoms with van der Waals surface area (Å²) in [6.07, 6.45) is 2.46. The molecule has 0 bridgehead atoms. The molecule has 1 atom stereocenters. The molecule has 0 saturated carbocycles. The zero-order valence-corrected chi connectivity index (χ0v) is 10.8. The lowest BCUT2D eigenvalue weighted by atomic mass is 9.95. The van der Waals surface area contributed by atoms with Gasteiger partial charge in [0.05, 0.1) is 6.61 Å². The Hall–Kier alpha value is -0.980. The van der Waals surface area contributed by atoms with Crippen molar-refractivity contribution in [2.75, 3.05) is 6.61 Å². The molecule has 1 aliphatic carbocycles. The van der Waals surface area contributed by atoms with Crippen LogP contribution in [0, 0.1) is 0 Å². The predicted molar refractivity (Wildman–Crippen MR) is 68.4 cm³/mol. The lowest BCUT2D eigenvalue weighted by molar-refractivity contribution is 0.336. The molecule has 1 aliphatic rings. The third kappa shape index (κ3) is 1.95. The van der Waals surface area contributed by atoms with E-state index in [9.17, 15) is 0 Å². The van der Waals surface area contributed by atoms with Crippen molar-refractivity contribution in [3.8, 4) is 5.75 Å². The first kappa shape index (κ1) is 11.5. The Bertz CT molecular complexity index is 379. The van der Waals surface area contributed by atoms with Gasteiger partial charge in [0.25, 0.3) is 0 Å². The summed E-state index contributed by atoms with van der Waals surface area (Å²) in [6, 6.07) is 4.63. The molecule has 0 amide bonds. The minimum absolute atomic E-state index is 0.581. The van der Waals surface area contributed by atoms with E-state index >= 15 is 0 Å². The van der Waals surface area contributed by atoms with E-state index in [1.165, 1.54) is 29.5 Å². The zero-order chi connectivity index (χ0) is 11.7. The highest BCUT2D eigenvalue weighted by molar-refractivity contribution is 5.48. The molecule has 1 aromatic rings. The second-order valence-electron chi connectivity index (χ2n) is 5.11. The van der Waals surface area contributed by atoms with Gasteiger partial charge in [0.1, 0.15) is 5.75 Å². The van der Waals surface area contributed by atoms with Gasteiger partial charge >= 0.3 is 0 Å². The van der Waals surface area contributed by atoms with Gasteiger partial charge in [0.2, 0.25) is 0 Å². The van der Waals surface area contributed by atoms with E-state index in [0.29, 0.717) is 11.8 Å². The number of fused-ring (bicyclic) bond motifs is 1. The maximum absolute atomic E-state index is 5.79. The molecular weight excluding hydrogens is 196 g/mol. The van der Waals surface area contributed by atoms with Crippen molar-refractivity contribution >= 4 is 0 Å². The predicted octanol–water partition coefficient (Wildman–Crippen LogP) is 4.26. The molecule has 1 nitrogen and oxygen atoms in total. The molecule has 0 saturated heterocycles. The minimum atomic E-state index is 0.581. The highest BCUT2D eigenvalue weighted by Crippen LogP contribution is 2.40. The van der Waals surface area contributed by atoms with Crippen molar-refractivity contribution in [2.24, 2.45) is 0 Å². The van der Waals surface area contributed by atoms with Gasteiger partial charge in [-0.3, -0.25) is 0 Å². The first-order chi connectivity index (χ1) is 7.63. The fraction of sp³-hybridized carbons (Fsp3) is 0.600. The molecule has 0 aliphatic heterocycles. The Balaban J connectivity index is 2.48. The summed E-state index contributed by atoms with van der Waals surface area (Å²) in [7, 11) is 0. The summed E-state index contributed by atoms with van der Waals surface area (Å²) in [5.41, 5.74) is 4.39. The van der Waals surface area contributed by atoms with E-state index in [2.05, 4.69) is 39.8 Å². The van der Waals surface area contributed by atoms with E-state index in [0.717, 1.165) is 12.4 Å². The maximum Gasteiger partial charge on any atom is 0.123 e. The van der Waals surface area contributed by atoms with Crippen LogP contribution in [0.15, 0.2) is 12.1 Å². The van der Waals surface area contributed by atoms with E-state index in [1.54, 1.807) is 0 Å². The molecule has 0 spiro atoms. The van der Waals surface area contributed by atoms with Gasteiger partial charge in [-0.2, -0.15) is 0 Å². The third-order valence-electron chi connectivity index (χ3n) is 3.59. The summed E-state index contributed by atoms with van der Waals surface area (Å²) in [6.45, 7) is 9.65. The Morgan fingerprint density at radius 1 is 1.38 bits per heavy atom. The van der Waals surface area contributed by atoms with Crippen molar-refractivity contribution < 1.29 is 4.74 Å². The van der Waals surface area contributed by atoms with Gasteiger partial charge in [-0.1, -0.05) is 26.8 Å². The van der Waals surface area contributed by atoms with E-state index < -0.39 is 0 Å². The van der Waals surface area contributed by atoms with Crippen molar-refractivity contribution in [3.63, 3.8) is 0 Å². The fourth-order valence-corrected chi connectivity index (χ4v) is 2.53. The first-order valence-corrected chi connectivity index (χ1v) is 6.43. The first-order valence-electron chi connectivity index (χ1n) is 6.43. The van der Waals surface area contributed by atoms with Gasteiger partial charge in [-0.05, 0) is 54.4 Å². The number of hydrogen-bond acceptors (Lipinski definition) is 1. The molecule has 0 N–H and O–H groups in total. The molecule has 1 aromatic carbocycles. The second kappa shape index (κ2) is 4.48. The summed E-state index contributed by atoms with van der Waals surface area (Å²) >= 11 is 0. The quantitative estimate of drug-likeness (QED) is 0.736. The molecule has 0 fully saturated rings. The van der Waals surface area contributed by atoms with Crippen LogP contribution in [0.1, 0.15) is 62.6 Å². The van der Waals surface area contributed by atoms with Crippen molar-refractivity contribution in [1.29, 1.82) is 0 Å². The summed E-state index contributed by atoms with van der Waals surface area (Å²) in [5, 5.41) is 0. The van der Waals surface area contributed by atoms with Gasteiger partial charge in [0.15, 0.2) is 0 Å². The number of ether oxygens (including phenoxy) is 1. The van der Waals surface area contributed by atoms with Gasteiger partial charge < -0.3 is 4.74 Å². The zero-order valence-electron chi connectivity index (χ0n) is 10.8. The molecule has 88 valence electrons. The van der Waals surface area contributed by atoms with Crippen molar-refractivity contribution in [1.82, 2.24) is 0 Å². The van der Waals surface area contributed by atoms with Crippen LogP contribution >= 0.6 is 0 Å². The molecule has 0 unspecified atom stereocenters. The van der Waals surface area contributed by atoms with Crippen LogP contribution in [-0.4, -0.2) is 6.61 Å². The highest BCUT2D eigenvalue weighted by atomic mass is 16.5. The largest absolute Gasteiger partial charge is 0.494 e. The van der Waals surface area contributed by atoms with Crippen LogP contribution < -0.4 is 4.74 Å². The summed E-state index contributed by atoms with van der Waals surface area (Å²) < 4.78 is 5.79. The smallest absolute Gasteiger partial charge is 0.123 e. The highest BCUT2D eigenvalue weighted by Gasteiger charge is 2.23. The topological polar surface area (TPSA) is 9.23 Å². The summed E-state index contributed by atoms with van der Waals surface area (Å²) in [5.74, 6) is 2.42. The van der Waals surface area contributed by atoms with Crippen LogP contribution in [0.3, 0.4) is 0 Å². The van der Waals surface area contributed by atoms with Crippen molar-refractivity contribution in [3.05, 3.63) is 28.8 Å². The Morgan fingerprint density at radius 2 is 2.12 bits per heavy atom. The molecule has 2 rings (SSSR count). The van der Waals surface area contributed by atoms with Gasteiger partial charge in [-0.15, -0.1) is 0 Å². The lowest BCUT2D eigenvalue weighted by Gasteiger charge is -2.15. The second-order valence-corrected chi connectivity index (χ2v) is 5.11. The molecule has 0 aromatic heterocycles. The van der Waals surface area contributed by atoms with Crippen LogP contribution in [0.5, 0.6) is 5.75 Å². The van der Waals surface area contributed by atoms with E-state index in [1.807, 2.05) is 0 Å². The normalized spacial score (nSPS) is 18.9. The number of hydrogen-bond donors (Lipinski definition) is 0. The monoisotopic (exact) mass is 218 g/mol. The van der Waals surface area contributed by atoms with Gasteiger partial charge in [-0.25, -0.2) is 0 Å². The van der Waals surface area contributed by atoms with E-state index in [4.69, 9.17) is 4.74 Å². The average Bonchev–Trinajstić information content (AvgIpc) is 2.61. The Kier molecular flexibility index (Phi) is 3.22. The molecule has 0 radical (unpaired) electrons. The Morgan fingerprint density at radius 3 is 2.75 bits per heavy atom. The van der Waals surface area contributed by atoms with Crippen LogP contribution in [-0.2, 0) is 6.42 Å². The van der Waals surface area contributed by atoms with Crippen LogP contribution in [0.25, 0.3) is 0 Å². The van der Waals surface area contributed by atoms with Crippen molar-refractivity contribution in [2.45, 2.75) is 52.4 Å². The standard InChI is InChI=1S/C15H22O/c1-5-16-15-9-12(10(2)3)8-14-11(4)6-7-13(14)15/h8-11H,5-7H2,1-4H3/t11-/m1/s1. The number of rotatable bonds is 3. The van der Waals surface area contributed by atoms with Crippen LogP contribution in [0.4, 0.5) is 0 Å². The molecule has 0 heterocycles. The van der Waals surface area contributed by atoms with Crippen LogP contribution in [0.2, 0.25) is 0 Å². The van der Waals surface area contributed by atoms with E-state index in [-0.39, 0.29) is 0 Å². The SMILES string of the molecule is CCOc1cc(C(C)C)cc2c1CC[C@H]2C. The summed E-state index contributed by atoms with van der Waals surface area (Å²) in [4.78, 5) is 0. The van der Waals surface area contributed by atoms with Gasteiger partial charge in [0, 0.05) is 0 Å². The Labute approximate surface area is 98.8 Å². The molecular formula is C15H22O.